The minimum Gasteiger partial charge on any atom is -0.353 e. The third-order valence-electron chi connectivity index (χ3n) is 3.68. The lowest BCUT2D eigenvalue weighted by Crippen LogP contribution is -2.43. The fourth-order valence-electron chi connectivity index (χ4n) is 2.47. The van der Waals surface area contributed by atoms with Gasteiger partial charge in [-0.25, -0.2) is 0 Å². The van der Waals surface area contributed by atoms with E-state index in [1.807, 2.05) is 0 Å². The minimum atomic E-state index is 0.561. The summed E-state index contributed by atoms with van der Waals surface area (Å²) in [5.41, 5.74) is 1.43. The van der Waals surface area contributed by atoms with Gasteiger partial charge in [-0.2, -0.15) is 0 Å². The van der Waals surface area contributed by atoms with Crippen LogP contribution < -0.4 is 5.32 Å². The molecule has 0 amide bonds. The number of rotatable bonds is 2. The first-order chi connectivity index (χ1) is 8.74. The largest absolute Gasteiger partial charge is 0.353 e. The molecule has 1 aromatic carbocycles. The zero-order valence-corrected chi connectivity index (χ0v) is 12.2. The molecule has 1 N–H and O–H groups in total. The Balaban J connectivity index is 1.61. The number of halogens is 1. The van der Waals surface area contributed by atoms with Gasteiger partial charge in [0.2, 0.25) is 0 Å². The predicted octanol–water partition coefficient (Wildman–Crippen LogP) is 2.59. The van der Waals surface area contributed by atoms with E-state index in [4.69, 9.17) is 0 Å². The Hall–Kier alpha value is -1.03. The molecule has 0 unspecified atom stereocenters. The SMILES string of the molecule is CN1CCCN=C1N[C@@H]1C[C@H]1c1ccc(Br)cc1. The molecule has 0 saturated heterocycles. The van der Waals surface area contributed by atoms with Gasteiger partial charge in [0.1, 0.15) is 0 Å². The van der Waals surface area contributed by atoms with Crippen molar-refractivity contribution in [2.45, 2.75) is 24.8 Å². The molecule has 1 aliphatic heterocycles. The molecular formula is C14H18BrN3. The average molecular weight is 308 g/mol. The summed E-state index contributed by atoms with van der Waals surface area (Å²) in [7, 11) is 2.11. The number of nitrogens with one attached hydrogen (secondary N) is 1. The van der Waals surface area contributed by atoms with Gasteiger partial charge in [0.15, 0.2) is 5.96 Å². The highest BCUT2D eigenvalue weighted by Gasteiger charge is 2.39. The number of benzene rings is 1. The average Bonchev–Trinajstić information content (AvgIpc) is 3.12. The van der Waals surface area contributed by atoms with Crippen LogP contribution in [0.4, 0.5) is 0 Å². The number of hydrogen-bond acceptors (Lipinski definition) is 3. The quantitative estimate of drug-likeness (QED) is 0.909. The zero-order chi connectivity index (χ0) is 12.5. The second-order valence-corrected chi connectivity index (χ2v) is 6.04. The Kier molecular flexibility index (Phi) is 3.29. The maximum Gasteiger partial charge on any atom is 0.193 e. The molecule has 0 radical (unpaired) electrons. The topological polar surface area (TPSA) is 27.6 Å². The van der Waals surface area contributed by atoms with Gasteiger partial charge in [-0.3, -0.25) is 4.99 Å². The van der Waals surface area contributed by atoms with Crippen LogP contribution in [0.2, 0.25) is 0 Å². The molecule has 1 aliphatic carbocycles. The first kappa shape index (κ1) is 12.0. The van der Waals surface area contributed by atoms with Crippen molar-refractivity contribution in [3.8, 4) is 0 Å². The van der Waals surface area contributed by atoms with Gasteiger partial charge in [-0.1, -0.05) is 28.1 Å². The van der Waals surface area contributed by atoms with Gasteiger partial charge in [-0.05, 0) is 30.5 Å². The van der Waals surface area contributed by atoms with Crippen molar-refractivity contribution >= 4 is 21.9 Å². The Morgan fingerprint density at radius 3 is 2.83 bits per heavy atom. The molecule has 0 bridgehead atoms. The summed E-state index contributed by atoms with van der Waals surface area (Å²) in [4.78, 5) is 6.78. The van der Waals surface area contributed by atoms with Crippen LogP contribution in [0.25, 0.3) is 0 Å². The summed E-state index contributed by atoms with van der Waals surface area (Å²) in [5.74, 6) is 1.72. The summed E-state index contributed by atoms with van der Waals surface area (Å²) in [6.07, 6.45) is 2.39. The number of aliphatic imine (C=N–C) groups is 1. The van der Waals surface area contributed by atoms with Crippen LogP contribution in [0, 0.1) is 0 Å². The molecule has 0 spiro atoms. The molecule has 1 fully saturated rings. The van der Waals surface area contributed by atoms with Crippen LogP contribution in [0.15, 0.2) is 33.7 Å². The van der Waals surface area contributed by atoms with E-state index in [0.717, 1.165) is 23.5 Å². The summed E-state index contributed by atoms with van der Waals surface area (Å²) in [6, 6.07) is 9.22. The lowest BCUT2D eigenvalue weighted by molar-refractivity contribution is 0.445. The molecular weight excluding hydrogens is 290 g/mol. The molecule has 3 rings (SSSR count). The van der Waals surface area contributed by atoms with Crippen molar-refractivity contribution < 1.29 is 0 Å². The van der Waals surface area contributed by atoms with Crippen molar-refractivity contribution in [3.05, 3.63) is 34.3 Å². The first-order valence-corrected chi connectivity index (χ1v) is 7.31. The second-order valence-electron chi connectivity index (χ2n) is 5.13. The highest BCUT2D eigenvalue weighted by Crippen LogP contribution is 2.41. The van der Waals surface area contributed by atoms with Gasteiger partial charge in [-0.15, -0.1) is 0 Å². The highest BCUT2D eigenvalue weighted by molar-refractivity contribution is 9.10. The molecule has 2 aliphatic rings. The van der Waals surface area contributed by atoms with Crippen molar-refractivity contribution in [3.63, 3.8) is 0 Å². The van der Waals surface area contributed by atoms with Crippen LogP contribution in [0.5, 0.6) is 0 Å². The van der Waals surface area contributed by atoms with E-state index in [0.29, 0.717) is 12.0 Å². The molecule has 1 aromatic rings. The fraction of sp³-hybridized carbons (Fsp3) is 0.500. The first-order valence-electron chi connectivity index (χ1n) is 6.51. The lowest BCUT2D eigenvalue weighted by Gasteiger charge is -2.25. The number of nitrogens with zero attached hydrogens (tertiary/aromatic N) is 2. The Morgan fingerprint density at radius 2 is 2.11 bits per heavy atom. The molecule has 0 aromatic heterocycles. The van der Waals surface area contributed by atoms with Crippen LogP contribution >= 0.6 is 15.9 Å². The molecule has 3 nitrogen and oxygen atoms in total. The van der Waals surface area contributed by atoms with Crippen molar-refractivity contribution in [2.24, 2.45) is 4.99 Å². The summed E-state index contributed by atoms with van der Waals surface area (Å²) < 4.78 is 1.15. The Morgan fingerprint density at radius 1 is 1.33 bits per heavy atom. The van der Waals surface area contributed by atoms with E-state index in [2.05, 4.69) is 62.5 Å². The van der Waals surface area contributed by atoms with Crippen molar-refractivity contribution in [2.75, 3.05) is 20.1 Å². The second kappa shape index (κ2) is 4.92. The van der Waals surface area contributed by atoms with E-state index < -0.39 is 0 Å². The summed E-state index contributed by atoms with van der Waals surface area (Å²) in [5, 5.41) is 3.57. The number of hydrogen-bond donors (Lipinski definition) is 1. The lowest BCUT2D eigenvalue weighted by atomic mass is 10.1. The fourth-order valence-corrected chi connectivity index (χ4v) is 2.74. The van der Waals surface area contributed by atoms with Crippen LogP contribution in [-0.2, 0) is 0 Å². The standard InChI is InChI=1S/C14H18BrN3/c1-18-8-2-7-16-14(18)17-13-9-12(13)10-3-5-11(15)6-4-10/h3-6,12-13H,2,7-9H2,1H3,(H,16,17)/t12-,13+/m0/s1. The third kappa shape index (κ3) is 2.53. The molecule has 1 heterocycles. The predicted molar refractivity (Wildman–Crippen MR) is 78.0 cm³/mol. The molecule has 2 atom stereocenters. The van der Waals surface area contributed by atoms with E-state index in [-0.39, 0.29) is 0 Å². The molecule has 18 heavy (non-hydrogen) atoms. The smallest absolute Gasteiger partial charge is 0.193 e. The normalized spacial score (nSPS) is 26.8. The Labute approximate surface area is 116 Å². The van der Waals surface area contributed by atoms with Crippen LogP contribution in [0.3, 0.4) is 0 Å². The molecule has 96 valence electrons. The van der Waals surface area contributed by atoms with E-state index >= 15 is 0 Å². The van der Waals surface area contributed by atoms with Crippen molar-refractivity contribution in [1.29, 1.82) is 0 Å². The van der Waals surface area contributed by atoms with Gasteiger partial charge in [0.25, 0.3) is 0 Å². The maximum atomic E-state index is 4.56. The van der Waals surface area contributed by atoms with E-state index in [1.165, 1.54) is 18.4 Å². The van der Waals surface area contributed by atoms with Gasteiger partial charge >= 0.3 is 0 Å². The van der Waals surface area contributed by atoms with Gasteiger partial charge in [0, 0.05) is 36.6 Å². The van der Waals surface area contributed by atoms with Crippen LogP contribution in [-0.4, -0.2) is 37.0 Å². The maximum absolute atomic E-state index is 4.56. The molecule has 4 heteroatoms. The monoisotopic (exact) mass is 307 g/mol. The molecule has 1 saturated carbocycles. The number of guanidine groups is 1. The summed E-state index contributed by atoms with van der Waals surface area (Å²) in [6.45, 7) is 2.07. The van der Waals surface area contributed by atoms with Gasteiger partial charge < -0.3 is 10.2 Å². The van der Waals surface area contributed by atoms with Crippen molar-refractivity contribution in [1.82, 2.24) is 10.2 Å². The van der Waals surface area contributed by atoms with Gasteiger partial charge in [0.05, 0.1) is 0 Å². The summed E-state index contributed by atoms with van der Waals surface area (Å²) >= 11 is 3.48. The Bertz CT molecular complexity index is 455. The van der Waals surface area contributed by atoms with Crippen LogP contribution in [0.1, 0.15) is 24.3 Å². The minimum absolute atomic E-state index is 0.561. The zero-order valence-electron chi connectivity index (χ0n) is 10.6. The third-order valence-corrected chi connectivity index (χ3v) is 4.21. The van der Waals surface area contributed by atoms with E-state index in [9.17, 15) is 0 Å². The van der Waals surface area contributed by atoms with E-state index in [1.54, 1.807) is 0 Å². The highest BCUT2D eigenvalue weighted by atomic mass is 79.9.